The summed E-state index contributed by atoms with van der Waals surface area (Å²) in [6.45, 7) is 1.56. The van der Waals surface area contributed by atoms with Crippen LogP contribution in [0.2, 0.25) is 0 Å². The van der Waals surface area contributed by atoms with E-state index in [0.717, 1.165) is 0 Å². The number of sulfone groups is 1. The van der Waals surface area contributed by atoms with Crippen LogP contribution < -0.4 is 5.73 Å². The van der Waals surface area contributed by atoms with Crippen LogP contribution in [0.4, 0.5) is 5.95 Å². The topological polar surface area (TPSA) is 117 Å². The van der Waals surface area contributed by atoms with Gasteiger partial charge in [-0.1, -0.05) is 6.92 Å². The Labute approximate surface area is 105 Å². The van der Waals surface area contributed by atoms with Gasteiger partial charge < -0.3 is 10.5 Å². The second-order valence-corrected chi connectivity index (χ2v) is 6.08. The summed E-state index contributed by atoms with van der Waals surface area (Å²) in [5, 5.41) is 3.72. The van der Waals surface area contributed by atoms with Crippen molar-refractivity contribution in [1.29, 1.82) is 0 Å². The average molecular weight is 276 g/mol. The molecule has 0 saturated heterocycles. The molecule has 0 aliphatic carbocycles. The number of aromatic nitrogens is 3. The van der Waals surface area contributed by atoms with E-state index in [1.165, 1.54) is 11.0 Å². The molecule has 0 fully saturated rings. The number of rotatable bonds is 7. The number of anilines is 1. The number of esters is 1. The van der Waals surface area contributed by atoms with Crippen LogP contribution in [0.1, 0.15) is 13.3 Å². The van der Waals surface area contributed by atoms with Gasteiger partial charge in [0.2, 0.25) is 5.95 Å². The molecule has 1 aromatic heterocycles. The first kappa shape index (κ1) is 14.4. The highest BCUT2D eigenvalue weighted by molar-refractivity contribution is 7.91. The largest absolute Gasteiger partial charge is 0.464 e. The predicted octanol–water partition coefficient (Wildman–Crippen LogP) is -0.772. The normalized spacial score (nSPS) is 11.4. The number of hydrogen-bond donors (Lipinski definition) is 1. The van der Waals surface area contributed by atoms with Crippen LogP contribution >= 0.6 is 0 Å². The second-order valence-electron chi connectivity index (χ2n) is 3.61. The molecule has 1 aromatic rings. The van der Waals surface area contributed by atoms with Crippen LogP contribution in [0, 0.1) is 0 Å². The van der Waals surface area contributed by atoms with Crippen LogP contribution in [0.15, 0.2) is 6.33 Å². The lowest BCUT2D eigenvalue weighted by molar-refractivity contribution is -0.144. The molecule has 0 saturated carbocycles. The fourth-order valence-electron chi connectivity index (χ4n) is 1.17. The molecule has 0 spiro atoms. The van der Waals surface area contributed by atoms with E-state index in [-0.39, 0.29) is 30.6 Å². The lowest BCUT2D eigenvalue weighted by Gasteiger charge is -2.04. The summed E-state index contributed by atoms with van der Waals surface area (Å²) in [6, 6.07) is 0. The Bertz CT molecular complexity index is 496. The maximum absolute atomic E-state index is 11.3. The maximum atomic E-state index is 11.3. The molecule has 0 aliphatic heterocycles. The fourth-order valence-corrected chi connectivity index (χ4v) is 2.02. The van der Waals surface area contributed by atoms with Gasteiger partial charge in [-0.3, -0.25) is 4.79 Å². The molecule has 0 aromatic carbocycles. The molecule has 102 valence electrons. The zero-order valence-electron chi connectivity index (χ0n) is 10.1. The quantitative estimate of drug-likeness (QED) is 0.513. The first-order chi connectivity index (χ1) is 8.43. The van der Waals surface area contributed by atoms with Gasteiger partial charge in [0.1, 0.15) is 22.7 Å². The van der Waals surface area contributed by atoms with Gasteiger partial charge in [-0.25, -0.2) is 18.1 Å². The first-order valence-corrected chi connectivity index (χ1v) is 7.26. The number of ether oxygens (including phenoxy) is 1. The Morgan fingerprint density at radius 1 is 1.56 bits per heavy atom. The summed E-state index contributed by atoms with van der Waals surface area (Å²) in [7, 11) is -3.01. The Kier molecular flexibility index (Phi) is 5.08. The standard InChI is InChI=1S/C9H16N4O4S/c1-2-18(15,16)5-3-4-17-8(14)6-13-7-11-9(10)12-13/h7H,2-6H2,1H3,(H2,10,12). The molecule has 0 amide bonds. The molecule has 18 heavy (non-hydrogen) atoms. The lowest BCUT2D eigenvalue weighted by Crippen LogP contribution is -2.17. The summed E-state index contributed by atoms with van der Waals surface area (Å²) in [5.41, 5.74) is 5.28. The summed E-state index contributed by atoms with van der Waals surface area (Å²) in [4.78, 5) is 15.0. The van der Waals surface area contributed by atoms with Gasteiger partial charge in [0.05, 0.1) is 12.4 Å². The minimum atomic E-state index is -3.01. The SMILES string of the molecule is CCS(=O)(=O)CCCOC(=O)Cn1cnc(N)n1. The Morgan fingerprint density at radius 3 is 2.83 bits per heavy atom. The van der Waals surface area contributed by atoms with Crippen molar-refractivity contribution in [1.82, 2.24) is 14.8 Å². The third-order valence-electron chi connectivity index (χ3n) is 2.15. The van der Waals surface area contributed by atoms with Crippen molar-refractivity contribution in [2.45, 2.75) is 19.9 Å². The van der Waals surface area contributed by atoms with Crippen molar-refractivity contribution >= 4 is 21.8 Å². The number of hydrogen-bond acceptors (Lipinski definition) is 7. The third kappa shape index (κ3) is 5.13. The zero-order chi connectivity index (χ0) is 13.6. The molecule has 1 heterocycles. The minimum Gasteiger partial charge on any atom is -0.464 e. The van der Waals surface area contributed by atoms with Crippen molar-refractivity contribution in [3.05, 3.63) is 6.33 Å². The van der Waals surface area contributed by atoms with E-state index in [4.69, 9.17) is 10.5 Å². The van der Waals surface area contributed by atoms with E-state index in [9.17, 15) is 13.2 Å². The summed E-state index contributed by atoms with van der Waals surface area (Å²) < 4.78 is 28.4. The van der Waals surface area contributed by atoms with Crippen molar-refractivity contribution in [2.75, 3.05) is 23.8 Å². The van der Waals surface area contributed by atoms with E-state index in [2.05, 4.69) is 10.1 Å². The lowest BCUT2D eigenvalue weighted by atomic mass is 10.5. The van der Waals surface area contributed by atoms with E-state index in [1.54, 1.807) is 6.92 Å². The molecule has 0 atom stereocenters. The van der Waals surface area contributed by atoms with Gasteiger partial charge in [0, 0.05) is 5.75 Å². The van der Waals surface area contributed by atoms with Crippen LogP contribution in [0.25, 0.3) is 0 Å². The molecular weight excluding hydrogens is 260 g/mol. The molecular formula is C9H16N4O4S. The van der Waals surface area contributed by atoms with E-state index in [1.807, 2.05) is 0 Å². The van der Waals surface area contributed by atoms with Crippen LogP contribution in [-0.4, -0.2) is 47.3 Å². The molecule has 9 heteroatoms. The number of nitrogens with two attached hydrogens (primary N) is 1. The van der Waals surface area contributed by atoms with E-state index in [0.29, 0.717) is 6.42 Å². The zero-order valence-corrected chi connectivity index (χ0v) is 10.9. The van der Waals surface area contributed by atoms with Gasteiger partial charge in [-0.2, -0.15) is 0 Å². The van der Waals surface area contributed by atoms with Crippen LogP contribution in [-0.2, 0) is 25.9 Å². The second kappa shape index (κ2) is 6.34. The monoisotopic (exact) mass is 276 g/mol. The molecule has 0 aliphatic rings. The van der Waals surface area contributed by atoms with Gasteiger partial charge in [0.15, 0.2) is 0 Å². The number of carbonyl (C=O) groups is 1. The molecule has 0 bridgehead atoms. The minimum absolute atomic E-state index is 0.0209. The predicted molar refractivity (Wildman–Crippen MR) is 64.3 cm³/mol. The molecule has 0 unspecified atom stereocenters. The van der Waals surface area contributed by atoms with Gasteiger partial charge in [-0.15, -0.1) is 5.10 Å². The fraction of sp³-hybridized carbons (Fsp3) is 0.667. The van der Waals surface area contributed by atoms with Crippen molar-refractivity contribution in [3.63, 3.8) is 0 Å². The highest BCUT2D eigenvalue weighted by Crippen LogP contribution is 1.96. The van der Waals surface area contributed by atoms with Gasteiger partial charge in [-0.05, 0) is 6.42 Å². The smallest absolute Gasteiger partial charge is 0.327 e. The van der Waals surface area contributed by atoms with Crippen molar-refractivity contribution in [2.24, 2.45) is 0 Å². The highest BCUT2D eigenvalue weighted by Gasteiger charge is 2.09. The summed E-state index contributed by atoms with van der Waals surface area (Å²) in [6.07, 6.45) is 1.61. The third-order valence-corrected chi connectivity index (χ3v) is 3.94. The maximum Gasteiger partial charge on any atom is 0.327 e. The molecule has 2 N–H and O–H groups in total. The van der Waals surface area contributed by atoms with Crippen molar-refractivity contribution < 1.29 is 17.9 Å². The Morgan fingerprint density at radius 2 is 2.28 bits per heavy atom. The number of nitrogens with zero attached hydrogens (tertiary/aromatic N) is 3. The molecule has 0 radical (unpaired) electrons. The molecule has 1 rings (SSSR count). The summed E-state index contributed by atoms with van der Waals surface area (Å²) in [5.74, 6) is -0.308. The summed E-state index contributed by atoms with van der Waals surface area (Å²) >= 11 is 0. The van der Waals surface area contributed by atoms with Crippen LogP contribution in [0.5, 0.6) is 0 Å². The van der Waals surface area contributed by atoms with E-state index < -0.39 is 15.8 Å². The average Bonchev–Trinajstić information content (AvgIpc) is 2.70. The van der Waals surface area contributed by atoms with Gasteiger partial charge in [0.25, 0.3) is 0 Å². The van der Waals surface area contributed by atoms with Gasteiger partial charge >= 0.3 is 5.97 Å². The first-order valence-electron chi connectivity index (χ1n) is 5.44. The number of carbonyl (C=O) groups excluding carboxylic acids is 1. The molecule has 8 nitrogen and oxygen atoms in total. The van der Waals surface area contributed by atoms with Crippen LogP contribution in [0.3, 0.4) is 0 Å². The van der Waals surface area contributed by atoms with Crippen molar-refractivity contribution in [3.8, 4) is 0 Å². The Balaban J connectivity index is 2.22. The highest BCUT2D eigenvalue weighted by atomic mass is 32.2. The number of nitrogen functional groups attached to an aromatic ring is 1. The Hall–Kier alpha value is -1.64. The van der Waals surface area contributed by atoms with E-state index >= 15 is 0 Å².